The van der Waals surface area contributed by atoms with E-state index in [1.807, 2.05) is 25.3 Å². The van der Waals surface area contributed by atoms with Crippen LogP contribution in [-0.2, 0) is 0 Å². The molecule has 1 aromatic heterocycles. The van der Waals surface area contributed by atoms with Gasteiger partial charge in [-0.1, -0.05) is 39.8 Å². The van der Waals surface area contributed by atoms with Crippen LogP contribution in [-0.4, -0.2) is 16.0 Å². The minimum Gasteiger partial charge on any atom is -0.340 e. The fourth-order valence-electron chi connectivity index (χ4n) is 1.57. The molecule has 0 bridgehead atoms. The van der Waals surface area contributed by atoms with E-state index in [1.54, 1.807) is 18.0 Å². The molecule has 0 aliphatic carbocycles. The largest absolute Gasteiger partial charge is 0.340 e. The molecule has 0 saturated heterocycles. The van der Waals surface area contributed by atoms with Crippen molar-refractivity contribution < 1.29 is 0 Å². The van der Waals surface area contributed by atoms with Crippen molar-refractivity contribution in [1.29, 1.82) is 0 Å². The van der Waals surface area contributed by atoms with Crippen LogP contribution in [0.15, 0.2) is 46.3 Å². The molecule has 0 fully saturated rings. The maximum Gasteiger partial charge on any atom is 0.165 e. The number of hydrogen-bond acceptors (Lipinski definition) is 3. The Bertz CT molecular complexity index is 453. The molecule has 1 heterocycles. The Hall–Kier alpha value is -0.780. The van der Waals surface area contributed by atoms with E-state index in [0.717, 1.165) is 9.63 Å². The molecule has 1 aromatic carbocycles. The van der Waals surface area contributed by atoms with Crippen molar-refractivity contribution in [1.82, 2.24) is 9.97 Å². The van der Waals surface area contributed by atoms with Crippen molar-refractivity contribution >= 4 is 27.7 Å². The van der Waals surface area contributed by atoms with Gasteiger partial charge in [0.2, 0.25) is 0 Å². The maximum absolute atomic E-state index is 6.05. The van der Waals surface area contributed by atoms with Gasteiger partial charge in [-0.2, -0.15) is 0 Å². The molecule has 2 aromatic rings. The number of nitrogens with two attached hydrogens (primary N) is 1. The van der Waals surface area contributed by atoms with Gasteiger partial charge in [0.15, 0.2) is 5.16 Å². The monoisotopic (exact) mass is 311 g/mol. The predicted octanol–water partition coefficient (Wildman–Crippen LogP) is 3.35. The Balaban J connectivity index is 2.20. The highest BCUT2D eigenvalue weighted by atomic mass is 79.9. The van der Waals surface area contributed by atoms with Gasteiger partial charge in [-0.15, -0.1) is 0 Å². The molecule has 0 spiro atoms. The van der Waals surface area contributed by atoms with E-state index < -0.39 is 0 Å². The zero-order chi connectivity index (χ0) is 12.3. The third kappa shape index (κ3) is 3.34. The smallest absolute Gasteiger partial charge is 0.165 e. The third-order valence-electron chi connectivity index (χ3n) is 2.39. The summed E-state index contributed by atoms with van der Waals surface area (Å²) in [5.41, 5.74) is 7.26. The topological polar surface area (TPSA) is 54.7 Å². The van der Waals surface area contributed by atoms with Crippen LogP contribution in [0.2, 0.25) is 0 Å². The Morgan fingerprint density at radius 3 is 2.59 bits per heavy atom. The quantitative estimate of drug-likeness (QED) is 0.851. The van der Waals surface area contributed by atoms with Crippen LogP contribution >= 0.6 is 27.7 Å². The first-order valence-electron chi connectivity index (χ1n) is 5.34. The molecule has 2 unspecified atom stereocenters. The lowest BCUT2D eigenvalue weighted by molar-refractivity contribution is 0.719. The Morgan fingerprint density at radius 1 is 1.35 bits per heavy atom. The van der Waals surface area contributed by atoms with Gasteiger partial charge < -0.3 is 10.7 Å². The van der Waals surface area contributed by atoms with Crippen molar-refractivity contribution in [2.75, 3.05) is 0 Å². The molecule has 0 aliphatic rings. The number of aromatic nitrogens is 2. The number of aromatic amines is 1. The summed E-state index contributed by atoms with van der Waals surface area (Å²) < 4.78 is 1.08. The summed E-state index contributed by atoms with van der Waals surface area (Å²) in [5, 5.41) is 1.10. The summed E-state index contributed by atoms with van der Waals surface area (Å²) >= 11 is 5.09. The van der Waals surface area contributed by atoms with Crippen molar-refractivity contribution in [2.45, 2.75) is 23.4 Å². The van der Waals surface area contributed by atoms with Gasteiger partial charge in [-0.3, -0.25) is 0 Å². The molecule has 90 valence electrons. The molecule has 2 atom stereocenters. The molecule has 0 radical (unpaired) electrons. The lowest BCUT2D eigenvalue weighted by Crippen LogP contribution is -2.22. The van der Waals surface area contributed by atoms with E-state index in [2.05, 4.69) is 38.0 Å². The highest BCUT2D eigenvalue weighted by Gasteiger charge is 2.18. The molecule has 0 aliphatic heterocycles. The van der Waals surface area contributed by atoms with Gasteiger partial charge in [-0.25, -0.2) is 4.98 Å². The second-order valence-electron chi connectivity index (χ2n) is 3.84. The minimum atomic E-state index is 0.0614. The van der Waals surface area contributed by atoms with E-state index in [1.165, 1.54) is 5.56 Å². The number of halogens is 1. The number of H-pyrrole nitrogens is 1. The van der Waals surface area contributed by atoms with Gasteiger partial charge in [0.05, 0.1) is 5.25 Å². The highest BCUT2D eigenvalue weighted by Crippen LogP contribution is 2.35. The first-order valence-corrected chi connectivity index (χ1v) is 7.01. The van der Waals surface area contributed by atoms with Gasteiger partial charge in [0.25, 0.3) is 0 Å². The zero-order valence-corrected chi connectivity index (χ0v) is 11.8. The van der Waals surface area contributed by atoms with Crippen molar-refractivity contribution in [3.8, 4) is 0 Å². The Morgan fingerprint density at radius 2 is 2.06 bits per heavy atom. The van der Waals surface area contributed by atoms with Crippen molar-refractivity contribution in [2.24, 2.45) is 5.73 Å². The summed E-state index contributed by atoms with van der Waals surface area (Å²) in [6.45, 7) is 2.02. The van der Waals surface area contributed by atoms with Gasteiger partial charge in [0, 0.05) is 22.9 Å². The van der Waals surface area contributed by atoms with E-state index in [-0.39, 0.29) is 11.3 Å². The van der Waals surface area contributed by atoms with Crippen LogP contribution in [0.1, 0.15) is 17.7 Å². The predicted molar refractivity (Wildman–Crippen MR) is 75.0 cm³/mol. The average Bonchev–Trinajstić information content (AvgIpc) is 2.80. The summed E-state index contributed by atoms with van der Waals surface area (Å²) in [4.78, 5) is 7.31. The van der Waals surface area contributed by atoms with Crippen molar-refractivity contribution in [3.05, 3.63) is 46.7 Å². The molecule has 0 saturated carbocycles. The van der Waals surface area contributed by atoms with Crippen LogP contribution in [0, 0.1) is 0 Å². The second kappa shape index (κ2) is 5.71. The van der Waals surface area contributed by atoms with E-state index >= 15 is 0 Å². The standard InChI is InChI=1S/C12H14BrN3S/c1-8(14)11(17-12-15-6-7-16-12)9-2-4-10(13)5-3-9/h2-8,11H,14H2,1H3,(H,15,16). The summed E-state index contributed by atoms with van der Waals surface area (Å²) in [6.07, 6.45) is 3.57. The second-order valence-corrected chi connectivity index (χ2v) is 5.89. The molecular weight excluding hydrogens is 298 g/mol. The van der Waals surface area contributed by atoms with Crippen LogP contribution in [0.3, 0.4) is 0 Å². The molecule has 17 heavy (non-hydrogen) atoms. The lowest BCUT2D eigenvalue weighted by atomic mass is 10.1. The van der Waals surface area contributed by atoms with Crippen molar-refractivity contribution in [3.63, 3.8) is 0 Å². The number of rotatable bonds is 4. The summed E-state index contributed by atoms with van der Waals surface area (Å²) in [7, 11) is 0. The molecule has 3 nitrogen and oxygen atoms in total. The normalized spacial score (nSPS) is 14.5. The molecule has 5 heteroatoms. The average molecular weight is 312 g/mol. The fourth-order valence-corrected chi connectivity index (χ4v) is 2.84. The number of nitrogens with zero attached hydrogens (tertiary/aromatic N) is 1. The Kier molecular flexibility index (Phi) is 4.25. The maximum atomic E-state index is 6.05. The minimum absolute atomic E-state index is 0.0614. The highest BCUT2D eigenvalue weighted by molar-refractivity contribution is 9.10. The number of imidazole rings is 1. The van der Waals surface area contributed by atoms with Crippen LogP contribution in [0.25, 0.3) is 0 Å². The summed E-state index contributed by atoms with van der Waals surface area (Å²) in [6, 6.07) is 8.31. The first kappa shape index (κ1) is 12.7. The molecule has 3 N–H and O–H groups in total. The first-order chi connectivity index (χ1) is 8.16. The fraction of sp³-hybridized carbons (Fsp3) is 0.250. The molecule has 2 rings (SSSR count). The van der Waals surface area contributed by atoms with E-state index in [0.29, 0.717) is 0 Å². The van der Waals surface area contributed by atoms with Gasteiger partial charge >= 0.3 is 0 Å². The number of thioether (sulfide) groups is 1. The third-order valence-corrected chi connectivity index (χ3v) is 4.32. The van der Waals surface area contributed by atoms with Crippen LogP contribution in [0.5, 0.6) is 0 Å². The van der Waals surface area contributed by atoms with E-state index in [4.69, 9.17) is 5.73 Å². The number of benzene rings is 1. The van der Waals surface area contributed by atoms with E-state index in [9.17, 15) is 0 Å². The van der Waals surface area contributed by atoms with Gasteiger partial charge in [-0.05, 0) is 24.6 Å². The van der Waals surface area contributed by atoms with Crippen LogP contribution < -0.4 is 5.73 Å². The molecule has 0 amide bonds. The summed E-state index contributed by atoms with van der Waals surface area (Å²) in [5.74, 6) is 0. The lowest BCUT2D eigenvalue weighted by Gasteiger charge is -2.19. The SMILES string of the molecule is CC(N)C(Sc1ncc[nH]1)c1ccc(Br)cc1. The number of nitrogens with one attached hydrogen (secondary N) is 1. The Labute approximate surface area is 113 Å². The van der Waals surface area contributed by atoms with Crippen LogP contribution in [0.4, 0.5) is 0 Å². The van der Waals surface area contributed by atoms with Gasteiger partial charge in [0.1, 0.15) is 0 Å². The number of hydrogen-bond donors (Lipinski definition) is 2. The molecular formula is C12H14BrN3S. The zero-order valence-electron chi connectivity index (χ0n) is 9.43.